The van der Waals surface area contributed by atoms with Crippen molar-refractivity contribution in [3.63, 3.8) is 0 Å². The van der Waals surface area contributed by atoms with Crippen LogP contribution in [0.1, 0.15) is 44.2 Å². The summed E-state index contributed by atoms with van der Waals surface area (Å²) in [7, 11) is 0. The first kappa shape index (κ1) is 22.4. The maximum absolute atomic E-state index is 12.8. The second kappa shape index (κ2) is 9.82. The smallest absolute Gasteiger partial charge is 0.410 e. The van der Waals surface area contributed by atoms with Crippen molar-refractivity contribution < 1.29 is 14.3 Å². The number of rotatable bonds is 8. The maximum Gasteiger partial charge on any atom is 0.410 e. The second-order valence-corrected chi connectivity index (χ2v) is 9.53. The number of fused-ring (bicyclic) bond motifs is 2. The largest absolute Gasteiger partial charge is 0.494 e. The molecule has 0 bridgehead atoms. The standard InChI is InChI=1S/C26H32ClN3O3/c1-2-32-26(31)30-14-12-21-22-16-18(27)6-11-23(22)29-24(21)25(30)17-4-9-20(10-5-17)33-15-3-13-28-19-7-8-19/h4-6,9-11,16,19,22-23,25,28-29H,2-3,7-8,12-15H2,1H3/t22?,23?,25-/m0/s1. The number of allylic oxidation sites excluding steroid dienone is 2. The Morgan fingerprint density at radius 1 is 1.27 bits per heavy atom. The van der Waals surface area contributed by atoms with Gasteiger partial charge in [-0.1, -0.05) is 35.9 Å². The lowest BCUT2D eigenvalue weighted by Gasteiger charge is -2.37. The first-order valence-electron chi connectivity index (χ1n) is 12.1. The zero-order chi connectivity index (χ0) is 22.8. The van der Waals surface area contributed by atoms with E-state index in [2.05, 4.69) is 34.9 Å². The van der Waals surface area contributed by atoms with Gasteiger partial charge in [0.1, 0.15) is 11.8 Å². The molecule has 33 heavy (non-hydrogen) atoms. The lowest BCUT2D eigenvalue weighted by Crippen LogP contribution is -2.42. The van der Waals surface area contributed by atoms with E-state index in [0.717, 1.165) is 47.5 Å². The average Bonchev–Trinajstić information content (AvgIpc) is 3.58. The Balaban J connectivity index is 1.33. The van der Waals surface area contributed by atoms with E-state index in [-0.39, 0.29) is 24.1 Å². The van der Waals surface area contributed by atoms with E-state index >= 15 is 0 Å². The highest BCUT2D eigenvalue weighted by Gasteiger charge is 2.43. The van der Waals surface area contributed by atoms with Gasteiger partial charge in [-0.05, 0) is 68.5 Å². The fourth-order valence-corrected chi connectivity index (χ4v) is 5.20. The molecule has 176 valence electrons. The van der Waals surface area contributed by atoms with Crippen molar-refractivity contribution in [3.05, 3.63) is 64.4 Å². The van der Waals surface area contributed by atoms with Gasteiger partial charge in [-0.3, -0.25) is 4.90 Å². The number of halogens is 1. The summed E-state index contributed by atoms with van der Waals surface area (Å²) in [5.74, 6) is 1.08. The molecule has 2 aliphatic heterocycles. The highest BCUT2D eigenvalue weighted by atomic mass is 35.5. The van der Waals surface area contributed by atoms with Crippen LogP contribution in [0.2, 0.25) is 0 Å². The lowest BCUT2D eigenvalue weighted by atomic mass is 9.85. The molecule has 1 amide bonds. The molecular weight excluding hydrogens is 438 g/mol. The Morgan fingerprint density at radius 3 is 2.85 bits per heavy atom. The third kappa shape index (κ3) is 4.92. The van der Waals surface area contributed by atoms with Crippen molar-refractivity contribution in [1.29, 1.82) is 0 Å². The average molecular weight is 470 g/mol. The van der Waals surface area contributed by atoms with Crippen molar-refractivity contribution in [2.45, 2.75) is 50.7 Å². The Kier molecular flexibility index (Phi) is 6.65. The van der Waals surface area contributed by atoms with E-state index in [1.807, 2.05) is 30.0 Å². The summed E-state index contributed by atoms with van der Waals surface area (Å²) >= 11 is 6.31. The molecule has 2 heterocycles. The van der Waals surface area contributed by atoms with Gasteiger partial charge < -0.3 is 20.1 Å². The van der Waals surface area contributed by atoms with Crippen molar-refractivity contribution in [2.24, 2.45) is 5.92 Å². The molecule has 3 atom stereocenters. The quantitative estimate of drug-likeness (QED) is 0.543. The van der Waals surface area contributed by atoms with E-state index in [1.165, 1.54) is 18.4 Å². The van der Waals surface area contributed by atoms with E-state index in [0.29, 0.717) is 19.8 Å². The van der Waals surface area contributed by atoms with Crippen molar-refractivity contribution in [1.82, 2.24) is 15.5 Å². The first-order valence-corrected chi connectivity index (χ1v) is 12.5. The number of carbonyl (C=O) groups excluding carboxylic acids is 1. The monoisotopic (exact) mass is 469 g/mol. The number of hydrogen-bond acceptors (Lipinski definition) is 5. The molecule has 2 unspecified atom stereocenters. The number of amides is 1. The summed E-state index contributed by atoms with van der Waals surface area (Å²) in [6.45, 7) is 4.51. The van der Waals surface area contributed by atoms with Crippen LogP contribution >= 0.6 is 11.6 Å². The van der Waals surface area contributed by atoms with Gasteiger partial charge in [0.05, 0.1) is 19.3 Å². The Bertz CT molecular complexity index is 967. The predicted molar refractivity (Wildman–Crippen MR) is 129 cm³/mol. The first-order chi connectivity index (χ1) is 16.1. The summed E-state index contributed by atoms with van der Waals surface area (Å²) in [6.07, 6.45) is 10.3. The number of nitrogens with zero attached hydrogens (tertiary/aromatic N) is 1. The molecule has 5 rings (SSSR count). The van der Waals surface area contributed by atoms with Crippen molar-refractivity contribution in [3.8, 4) is 5.75 Å². The summed E-state index contributed by atoms with van der Waals surface area (Å²) in [4.78, 5) is 14.7. The van der Waals surface area contributed by atoms with Crippen LogP contribution in [0.5, 0.6) is 5.75 Å². The van der Waals surface area contributed by atoms with Gasteiger partial charge in [0, 0.05) is 29.2 Å². The molecule has 4 aliphatic rings. The van der Waals surface area contributed by atoms with E-state index < -0.39 is 0 Å². The fraction of sp³-hybridized carbons (Fsp3) is 0.500. The second-order valence-electron chi connectivity index (χ2n) is 9.09. The molecule has 7 heteroatoms. The number of benzene rings is 1. The molecule has 2 N–H and O–H groups in total. The van der Waals surface area contributed by atoms with Crippen LogP contribution in [0.4, 0.5) is 4.79 Å². The molecule has 1 aromatic rings. The fourth-order valence-electron chi connectivity index (χ4n) is 4.99. The molecule has 0 saturated heterocycles. The summed E-state index contributed by atoms with van der Waals surface area (Å²) < 4.78 is 11.3. The van der Waals surface area contributed by atoms with Crippen LogP contribution in [0, 0.1) is 5.92 Å². The SMILES string of the molecule is CCOC(=O)N1CCC2=C(NC3C=CC(Cl)=CC23)[C@@H]1c1ccc(OCCCNC2CC2)cc1. The molecule has 1 fully saturated rings. The van der Waals surface area contributed by atoms with Crippen LogP contribution in [0.25, 0.3) is 0 Å². The molecular formula is C26H32ClN3O3. The van der Waals surface area contributed by atoms with Gasteiger partial charge in [-0.2, -0.15) is 0 Å². The highest BCUT2D eigenvalue weighted by Crippen LogP contribution is 2.44. The zero-order valence-electron chi connectivity index (χ0n) is 19.1. The molecule has 0 spiro atoms. The third-order valence-corrected chi connectivity index (χ3v) is 7.02. The Labute approximate surface area is 200 Å². The van der Waals surface area contributed by atoms with Gasteiger partial charge >= 0.3 is 6.09 Å². The molecule has 2 aliphatic carbocycles. The van der Waals surface area contributed by atoms with Crippen LogP contribution in [-0.2, 0) is 4.74 Å². The van der Waals surface area contributed by atoms with Crippen LogP contribution in [-0.4, -0.2) is 49.4 Å². The molecule has 1 aromatic carbocycles. The minimum absolute atomic E-state index is 0.175. The van der Waals surface area contributed by atoms with E-state index in [1.54, 1.807) is 0 Å². The van der Waals surface area contributed by atoms with Crippen LogP contribution in [0.3, 0.4) is 0 Å². The molecule has 1 saturated carbocycles. The van der Waals surface area contributed by atoms with Gasteiger partial charge in [-0.25, -0.2) is 4.79 Å². The van der Waals surface area contributed by atoms with Crippen LogP contribution in [0.15, 0.2) is 58.8 Å². The molecule has 0 radical (unpaired) electrons. The number of hydrogen-bond donors (Lipinski definition) is 2. The van der Waals surface area contributed by atoms with Gasteiger partial charge in [0.25, 0.3) is 0 Å². The van der Waals surface area contributed by atoms with Crippen LogP contribution < -0.4 is 15.4 Å². The number of ether oxygens (including phenoxy) is 2. The van der Waals surface area contributed by atoms with Gasteiger partial charge in [0.15, 0.2) is 0 Å². The molecule has 6 nitrogen and oxygen atoms in total. The lowest BCUT2D eigenvalue weighted by molar-refractivity contribution is 0.0922. The summed E-state index contributed by atoms with van der Waals surface area (Å²) in [5.41, 5.74) is 3.47. The zero-order valence-corrected chi connectivity index (χ0v) is 19.8. The van der Waals surface area contributed by atoms with Gasteiger partial charge in [-0.15, -0.1) is 0 Å². The Morgan fingerprint density at radius 2 is 2.09 bits per heavy atom. The minimum atomic E-state index is -0.279. The highest BCUT2D eigenvalue weighted by molar-refractivity contribution is 6.31. The topological polar surface area (TPSA) is 62.8 Å². The minimum Gasteiger partial charge on any atom is -0.494 e. The molecule has 0 aromatic heterocycles. The maximum atomic E-state index is 12.8. The van der Waals surface area contributed by atoms with Crippen molar-refractivity contribution >= 4 is 17.7 Å². The van der Waals surface area contributed by atoms with Crippen molar-refractivity contribution in [2.75, 3.05) is 26.3 Å². The summed E-state index contributed by atoms with van der Waals surface area (Å²) in [6, 6.07) is 8.82. The van der Waals surface area contributed by atoms with E-state index in [4.69, 9.17) is 21.1 Å². The number of nitrogens with one attached hydrogen (secondary N) is 2. The number of carbonyl (C=O) groups is 1. The normalized spacial score (nSPS) is 25.8. The predicted octanol–water partition coefficient (Wildman–Crippen LogP) is 4.65. The van der Waals surface area contributed by atoms with Gasteiger partial charge in [0.2, 0.25) is 0 Å². The van der Waals surface area contributed by atoms with E-state index in [9.17, 15) is 4.79 Å². The summed E-state index contributed by atoms with van der Waals surface area (Å²) in [5, 5.41) is 7.95. The third-order valence-electron chi connectivity index (χ3n) is 6.76. The Hall–Kier alpha value is -2.44.